The van der Waals surface area contributed by atoms with Crippen LogP contribution in [-0.4, -0.2) is 22.4 Å². The Kier molecular flexibility index (Phi) is 4.84. The molecule has 0 aliphatic carbocycles. The van der Waals surface area contributed by atoms with Crippen LogP contribution in [-0.2, 0) is 13.0 Å². The van der Waals surface area contributed by atoms with Crippen molar-refractivity contribution in [2.75, 3.05) is 6.79 Å². The van der Waals surface area contributed by atoms with E-state index in [9.17, 15) is 9.90 Å². The fourth-order valence-electron chi connectivity index (χ4n) is 3.66. The topological polar surface area (TPSA) is 85.4 Å². The number of azo groups is 1. The number of aryl methyl sites for hydroxylation is 2. The molecule has 154 valence electrons. The Balaban J connectivity index is 1.44. The number of para-hydroxylation sites is 1. The molecule has 1 amide bonds. The van der Waals surface area contributed by atoms with Gasteiger partial charge in [0, 0.05) is 17.5 Å². The largest absolute Gasteiger partial charge is 0.493 e. The highest BCUT2D eigenvalue weighted by atomic mass is 16.7. The number of carbonyl (C=O) groups is 1. The Hall–Kier alpha value is -4.13. The predicted molar refractivity (Wildman–Crippen MR) is 115 cm³/mol. The van der Waals surface area contributed by atoms with Crippen LogP contribution in [0.1, 0.15) is 15.9 Å². The van der Waals surface area contributed by atoms with E-state index >= 15 is 0 Å². The normalized spacial score (nSPS) is 12.6. The van der Waals surface area contributed by atoms with Crippen LogP contribution >= 0.6 is 0 Å². The summed E-state index contributed by atoms with van der Waals surface area (Å²) in [6.07, 6.45) is 0.750. The lowest BCUT2D eigenvalue weighted by Crippen LogP contribution is -2.00. The van der Waals surface area contributed by atoms with Crippen molar-refractivity contribution in [3.05, 3.63) is 83.9 Å². The predicted octanol–water partition coefficient (Wildman–Crippen LogP) is 5.24. The standard InChI is InChI=1S/C24H19N3O4/c28-23(17-10-11-20-21(14-17)31-15-30-20)26-25-22-18-8-4-5-9-19(18)27(24(22)29)13-12-16-6-2-1-3-7-16/h1-11,14,29H,12-13,15H2. The molecule has 2 heterocycles. The average Bonchev–Trinajstić information content (AvgIpc) is 3.38. The second kappa shape index (κ2) is 7.95. The van der Waals surface area contributed by atoms with Crippen LogP contribution < -0.4 is 9.47 Å². The van der Waals surface area contributed by atoms with E-state index in [-0.39, 0.29) is 18.4 Å². The van der Waals surface area contributed by atoms with Gasteiger partial charge in [0.15, 0.2) is 17.2 Å². The molecule has 0 fully saturated rings. The molecule has 1 aromatic heterocycles. The number of aromatic nitrogens is 1. The molecule has 5 rings (SSSR count). The van der Waals surface area contributed by atoms with Crippen molar-refractivity contribution in [3.63, 3.8) is 0 Å². The number of hydrogen-bond donors (Lipinski definition) is 1. The van der Waals surface area contributed by atoms with Crippen molar-refractivity contribution in [2.45, 2.75) is 13.0 Å². The second-order valence-electron chi connectivity index (χ2n) is 7.15. The molecular weight excluding hydrogens is 394 g/mol. The Morgan fingerprint density at radius 1 is 0.968 bits per heavy atom. The number of aromatic hydroxyl groups is 1. The fourth-order valence-corrected chi connectivity index (χ4v) is 3.66. The van der Waals surface area contributed by atoms with Crippen molar-refractivity contribution in [2.24, 2.45) is 10.2 Å². The molecule has 0 atom stereocenters. The molecule has 0 unspecified atom stereocenters. The van der Waals surface area contributed by atoms with E-state index in [2.05, 4.69) is 10.2 Å². The van der Waals surface area contributed by atoms with Gasteiger partial charge in [-0.25, -0.2) is 0 Å². The molecule has 0 bridgehead atoms. The van der Waals surface area contributed by atoms with Gasteiger partial charge in [0.05, 0.1) is 5.52 Å². The van der Waals surface area contributed by atoms with E-state index in [4.69, 9.17) is 9.47 Å². The average molecular weight is 413 g/mol. The van der Waals surface area contributed by atoms with Gasteiger partial charge in [0.2, 0.25) is 12.7 Å². The van der Waals surface area contributed by atoms with Crippen LogP contribution in [0.2, 0.25) is 0 Å². The second-order valence-corrected chi connectivity index (χ2v) is 7.15. The number of nitrogens with zero attached hydrogens (tertiary/aromatic N) is 3. The number of ether oxygens (including phenoxy) is 2. The minimum absolute atomic E-state index is 0.0145. The summed E-state index contributed by atoms with van der Waals surface area (Å²) in [6, 6.07) is 22.4. The Morgan fingerprint density at radius 3 is 2.61 bits per heavy atom. The summed E-state index contributed by atoms with van der Waals surface area (Å²) >= 11 is 0. The number of fused-ring (bicyclic) bond motifs is 2. The highest BCUT2D eigenvalue weighted by Gasteiger charge is 2.18. The monoisotopic (exact) mass is 413 g/mol. The summed E-state index contributed by atoms with van der Waals surface area (Å²) in [4.78, 5) is 12.5. The summed E-state index contributed by atoms with van der Waals surface area (Å²) in [5, 5.41) is 19.6. The van der Waals surface area contributed by atoms with Gasteiger partial charge in [-0.15, -0.1) is 10.2 Å². The quantitative estimate of drug-likeness (QED) is 0.453. The van der Waals surface area contributed by atoms with E-state index < -0.39 is 5.91 Å². The van der Waals surface area contributed by atoms with Gasteiger partial charge in [-0.05, 0) is 36.2 Å². The number of benzene rings is 3. The van der Waals surface area contributed by atoms with E-state index in [1.165, 1.54) is 5.56 Å². The van der Waals surface area contributed by atoms with Crippen molar-refractivity contribution >= 4 is 22.5 Å². The molecule has 0 saturated carbocycles. The smallest absolute Gasteiger partial charge is 0.295 e. The molecule has 3 aromatic carbocycles. The van der Waals surface area contributed by atoms with Gasteiger partial charge in [0.1, 0.15) is 0 Å². The molecule has 1 N–H and O–H groups in total. The third kappa shape index (κ3) is 3.61. The molecule has 0 spiro atoms. The highest BCUT2D eigenvalue weighted by Crippen LogP contribution is 2.39. The summed E-state index contributed by atoms with van der Waals surface area (Å²) in [5.74, 6) is 0.548. The molecule has 1 aliphatic heterocycles. The highest BCUT2D eigenvalue weighted by molar-refractivity contribution is 5.97. The van der Waals surface area contributed by atoms with Gasteiger partial charge >= 0.3 is 0 Å². The van der Waals surface area contributed by atoms with E-state index in [1.807, 2.05) is 54.6 Å². The van der Waals surface area contributed by atoms with Crippen LogP contribution in [0, 0.1) is 0 Å². The zero-order valence-corrected chi connectivity index (χ0v) is 16.6. The molecule has 31 heavy (non-hydrogen) atoms. The van der Waals surface area contributed by atoms with Gasteiger partial charge in [-0.2, -0.15) is 0 Å². The van der Waals surface area contributed by atoms with Crippen molar-refractivity contribution in [1.82, 2.24) is 4.57 Å². The first-order valence-electron chi connectivity index (χ1n) is 9.90. The molecule has 1 aliphatic rings. The number of hydrogen-bond acceptors (Lipinski definition) is 5. The molecule has 0 saturated heterocycles. The van der Waals surface area contributed by atoms with Crippen LogP contribution in [0.5, 0.6) is 17.4 Å². The summed E-state index contributed by atoms with van der Waals surface area (Å²) < 4.78 is 12.4. The Labute approximate surface area is 178 Å². The van der Waals surface area contributed by atoms with Gasteiger partial charge in [-0.1, -0.05) is 48.5 Å². The first-order chi connectivity index (χ1) is 15.2. The van der Waals surface area contributed by atoms with Crippen molar-refractivity contribution in [3.8, 4) is 17.4 Å². The van der Waals surface area contributed by atoms with Crippen molar-refractivity contribution in [1.29, 1.82) is 0 Å². The maximum atomic E-state index is 12.5. The summed E-state index contributed by atoms with van der Waals surface area (Å²) in [5.41, 5.74) is 2.61. The summed E-state index contributed by atoms with van der Waals surface area (Å²) in [7, 11) is 0. The van der Waals surface area contributed by atoms with E-state index in [0.717, 1.165) is 17.3 Å². The van der Waals surface area contributed by atoms with Crippen LogP contribution in [0.15, 0.2) is 83.0 Å². The third-order valence-corrected chi connectivity index (χ3v) is 5.24. The van der Waals surface area contributed by atoms with Crippen LogP contribution in [0.3, 0.4) is 0 Å². The minimum atomic E-state index is -0.529. The lowest BCUT2D eigenvalue weighted by atomic mass is 10.1. The van der Waals surface area contributed by atoms with Gasteiger partial charge in [0.25, 0.3) is 5.91 Å². The number of rotatable bonds is 5. The zero-order chi connectivity index (χ0) is 21.2. The SMILES string of the molecule is O=C(N=Nc1c(O)n(CCc2ccccc2)c2ccccc12)c1ccc2c(c1)OCO2. The zero-order valence-electron chi connectivity index (χ0n) is 16.6. The lowest BCUT2D eigenvalue weighted by molar-refractivity contribution is 0.0994. The van der Waals surface area contributed by atoms with E-state index in [0.29, 0.717) is 23.6 Å². The Morgan fingerprint density at radius 2 is 1.74 bits per heavy atom. The van der Waals surface area contributed by atoms with Gasteiger partial charge < -0.3 is 19.1 Å². The minimum Gasteiger partial charge on any atom is -0.493 e. The number of carbonyl (C=O) groups excluding carboxylic acids is 1. The molecule has 4 aromatic rings. The van der Waals surface area contributed by atoms with Crippen LogP contribution in [0.4, 0.5) is 5.69 Å². The number of amides is 1. The molecule has 7 nitrogen and oxygen atoms in total. The maximum absolute atomic E-state index is 12.5. The maximum Gasteiger partial charge on any atom is 0.295 e. The van der Waals surface area contributed by atoms with Crippen molar-refractivity contribution < 1.29 is 19.4 Å². The summed E-state index contributed by atoms with van der Waals surface area (Å²) in [6.45, 7) is 0.701. The first-order valence-corrected chi connectivity index (χ1v) is 9.90. The lowest BCUT2D eigenvalue weighted by Gasteiger charge is -2.07. The fraction of sp³-hybridized carbons (Fsp3) is 0.125. The molecule has 7 heteroatoms. The van der Waals surface area contributed by atoms with Crippen LogP contribution in [0.25, 0.3) is 10.9 Å². The third-order valence-electron chi connectivity index (χ3n) is 5.24. The van der Waals surface area contributed by atoms with Gasteiger partial charge in [-0.3, -0.25) is 4.79 Å². The first kappa shape index (κ1) is 18.9. The Bertz CT molecular complexity index is 1300. The molecular formula is C24H19N3O4. The van der Waals surface area contributed by atoms with E-state index in [1.54, 1.807) is 22.8 Å². The molecule has 0 radical (unpaired) electrons.